The zero-order chi connectivity index (χ0) is 12.3. The first-order valence-corrected chi connectivity index (χ1v) is 5.47. The topological polar surface area (TPSA) is 84.2 Å². The van der Waals surface area contributed by atoms with Gasteiger partial charge in [0.05, 0.1) is 12.8 Å². The smallest absolute Gasteiger partial charge is 0.259 e. The fourth-order valence-electron chi connectivity index (χ4n) is 1.85. The number of methoxy groups -OCH3 is 1. The van der Waals surface area contributed by atoms with E-state index in [1.807, 2.05) is 6.08 Å². The molecule has 0 radical (unpaired) electrons. The third kappa shape index (κ3) is 2.47. The van der Waals surface area contributed by atoms with Gasteiger partial charge in [-0.25, -0.2) is 0 Å². The van der Waals surface area contributed by atoms with Crippen LogP contribution >= 0.6 is 0 Å². The second-order valence-corrected chi connectivity index (χ2v) is 3.99. The van der Waals surface area contributed by atoms with Crippen LogP contribution in [0.5, 0.6) is 0 Å². The Labute approximate surface area is 99.4 Å². The van der Waals surface area contributed by atoms with Crippen LogP contribution in [0.3, 0.4) is 0 Å². The number of carbonyl (C=O) groups is 1. The van der Waals surface area contributed by atoms with Gasteiger partial charge in [0.2, 0.25) is 0 Å². The summed E-state index contributed by atoms with van der Waals surface area (Å²) in [4.78, 5) is 13.8. The minimum absolute atomic E-state index is 0.0797. The molecule has 1 aromatic rings. The molecule has 2 rings (SSSR count). The van der Waals surface area contributed by atoms with Crippen LogP contribution in [0, 0.1) is 0 Å². The lowest BCUT2D eigenvalue weighted by Gasteiger charge is -2.26. The third-order valence-corrected chi connectivity index (χ3v) is 2.82. The number of amides is 1. The summed E-state index contributed by atoms with van der Waals surface area (Å²) in [7, 11) is 1.67. The number of nitrogens with one attached hydrogen (secondary N) is 1. The molecule has 0 saturated heterocycles. The molecule has 6 nitrogen and oxygen atoms in total. The van der Waals surface area contributed by atoms with Crippen LogP contribution < -0.4 is 5.73 Å². The maximum atomic E-state index is 12.1. The van der Waals surface area contributed by atoms with Gasteiger partial charge < -0.3 is 15.4 Å². The van der Waals surface area contributed by atoms with Gasteiger partial charge in [-0.2, -0.15) is 5.10 Å². The first-order chi connectivity index (χ1) is 8.22. The Morgan fingerprint density at radius 3 is 3.06 bits per heavy atom. The van der Waals surface area contributed by atoms with Gasteiger partial charge in [0.1, 0.15) is 11.4 Å². The number of anilines is 1. The summed E-state index contributed by atoms with van der Waals surface area (Å²) >= 11 is 0. The van der Waals surface area contributed by atoms with E-state index in [-0.39, 0.29) is 5.91 Å². The molecule has 0 unspecified atom stereocenters. The minimum Gasteiger partial charge on any atom is -0.383 e. The summed E-state index contributed by atoms with van der Waals surface area (Å²) in [5.74, 6) is 0.241. The molecule has 1 amide bonds. The highest BCUT2D eigenvalue weighted by Crippen LogP contribution is 2.16. The number of nitrogens with zero attached hydrogens (tertiary/aromatic N) is 2. The fourth-order valence-corrected chi connectivity index (χ4v) is 1.85. The molecular weight excluding hydrogens is 220 g/mol. The highest BCUT2D eigenvalue weighted by Gasteiger charge is 2.21. The highest BCUT2D eigenvalue weighted by molar-refractivity contribution is 5.98. The number of hydrogen-bond acceptors (Lipinski definition) is 4. The quantitative estimate of drug-likeness (QED) is 0.744. The maximum Gasteiger partial charge on any atom is 0.259 e. The molecule has 92 valence electrons. The molecule has 0 atom stereocenters. The van der Waals surface area contributed by atoms with E-state index in [9.17, 15) is 4.79 Å². The number of carbonyl (C=O) groups excluding carboxylic acids is 1. The summed E-state index contributed by atoms with van der Waals surface area (Å²) < 4.78 is 5.06. The van der Waals surface area contributed by atoms with Crippen molar-refractivity contribution in [1.29, 1.82) is 0 Å². The third-order valence-electron chi connectivity index (χ3n) is 2.82. The Bertz CT molecular complexity index is 438. The van der Waals surface area contributed by atoms with Gasteiger partial charge in [-0.05, 0) is 12.0 Å². The Morgan fingerprint density at radius 1 is 1.71 bits per heavy atom. The van der Waals surface area contributed by atoms with Crippen LogP contribution in [-0.2, 0) is 4.74 Å². The van der Waals surface area contributed by atoms with E-state index >= 15 is 0 Å². The van der Waals surface area contributed by atoms with Crippen LogP contribution in [0.1, 0.15) is 16.8 Å². The first kappa shape index (κ1) is 11.7. The largest absolute Gasteiger partial charge is 0.383 e. The van der Waals surface area contributed by atoms with E-state index in [0.717, 1.165) is 6.42 Å². The summed E-state index contributed by atoms with van der Waals surface area (Å²) in [6.45, 7) is 1.93. The highest BCUT2D eigenvalue weighted by atomic mass is 16.5. The molecule has 0 bridgehead atoms. The van der Waals surface area contributed by atoms with Crippen molar-refractivity contribution in [3.05, 3.63) is 23.4 Å². The number of H-pyrrole nitrogens is 1. The predicted octanol–water partition coefficient (Wildman–Crippen LogP) is 0.411. The minimum atomic E-state index is -0.0797. The van der Waals surface area contributed by atoms with Crippen LogP contribution in [0.15, 0.2) is 17.8 Å². The van der Waals surface area contributed by atoms with Crippen molar-refractivity contribution in [3.8, 4) is 0 Å². The summed E-state index contributed by atoms with van der Waals surface area (Å²) in [6, 6.07) is 0. The van der Waals surface area contributed by atoms with E-state index in [1.165, 1.54) is 11.8 Å². The van der Waals surface area contributed by atoms with Crippen molar-refractivity contribution in [2.45, 2.75) is 6.42 Å². The second-order valence-electron chi connectivity index (χ2n) is 3.99. The van der Waals surface area contributed by atoms with Crippen LogP contribution in [-0.4, -0.2) is 47.8 Å². The van der Waals surface area contributed by atoms with Crippen LogP contribution in [0.2, 0.25) is 0 Å². The van der Waals surface area contributed by atoms with Crippen molar-refractivity contribution in [2.24, 2.45) is 0 Å². The molecule has 0 aliphatic carbocycles. The Balaban J connectivity index is 2.02. The van der Waals surface area contributed by atoms with Crippen LogP contribution in [0.4, 0.5) is 5.82 Å². The summed E-state index contributed by atoms with van der Waals surface area (Å²) in [6.07, 6.45) is 4.34. The average Bonchev–Trinajstić information content (AvgIpc) is 2.76. The molecule has 6 heteroatoms. The van der Waals surface area contributed by atoms with Crippen molar-refractivity contribution >= 4 is 11.7 Å². The lowest BCUT2D eigenvalue weighted by Crippen LogP contribution is -2.35. The summed E-state index contributed by atoms with van der Waals surface area (Å²) in [5, 5.41) is 6.31. The van der Waals surface area contributed by atoms with Crippen molar-refractivity contribution in [3.63, 3.8) is 0 Å². The van der Waals surface area contributed by atoms with Gasteiger partial charge in [-0.3, -0.25) is 9.89 Å². The second kappa shape index (κ2) is 5.01. The molecule has 3 N–H and O–H groups in total. The van der Waals surface area contributed by atoms with Crippen molar-refractivity contribution in [1.82, 2.24) is 15.1 Å². The van der Waals surface area contributed by atoms with Gasteiger partial charge in [0.25, 0.3) is 5.91 Å². The average molecular weight is 236 g/mol. The van der Waals surface area contributed by atoms with Gasteiger partial charge in [0.15, 0.2) is 0 Å². The fraction of sp³-hybridized carbons (Fsp3) is 0.455. The number of nitrogen functional groups attached to an aromatic ring is 1. The molecule has 0 fully saturated rings. The number of hydrogen-bond donors (Lipinski definition) is 2. The zero-order valence-electron chi connectivity index (χ0n) is 9.77. The molecule has 0 aromatic carbocycles. The molecular formula is C11H16N4O2. The van der Waals surface area contributed by atoms with Gasteiger partial charge in [0, 0.05) is 20.2 Å². The van der Waals surface area contributed by atoms with E-state index in [2.05, 4.69) is 10.2 Å². The molecule has 1 aliphatic heterocycles. The Kier molecular flexibility index (Phi) is 3.43. The normalized spacial score (nSPS) is 15.8. The van der Waals surface area contributed by atoms with Crippen LogP contribution in [0.25, 0.3) is 0 Å². The lowest BCUT2D eigenvalue weighted by atomic mass is 10.1. The maximum absolute atomic E-state index is 12.1. The zero-order valence-corrected chi connectivity index (χ0v) is 9.77. The molecule has 0 spiro atoms. The Hall–Kier alpha value is -1.82. The molecule has 2 heterocycles. The van der Waals surface area contributed by atoms with E-state index in [1.54, 1.807) is 12.0 Å². The molecule has 17 heavy (non-hydrogen) atoms. The van der Waals surface area contributed by atoms with E-state index in [4.69, 9.17) is 10.5 Å². The van der Waals surface area contributed by atoms with Gasteiger partial charge >= 0.3 is 0 Å². The van der Waals surface area contributed by atoms with E-state index in [0.29, 0.717) is 31.1 Å². The monoisotopic (exact) mass is 236 g/mol. The van der Waals surface area contributed by atoms with E-state index < -0.39 is 0 Å². The first-order valence-electron chi connectivity index (χ1n) is 5.47. The SMILES string of the molecule is COCC1=CCN(C(=O)c2cn[nH]c2N)CC1. The van der Waals surface area contributed by atoms with Crippen molar-refractivity contribution < 1.29 is 9.53 Å². The number of nitrogens with two attached hydrogens (primary N) is 1. The number of aromatic nitrogens is 2. The standard InChI is InChI=1S/C11H16N4O2/c1-17-7-8-2-4-15(5-3-8)11(16)9-6-13-14-10(9)12/h2,6H,3-5,7H2,1H3,(H3,12,13,14). The predicted molar refractivity (Wildman–Crippen MR) is 63.5 cm³/mol. The molecule has 1 aliphatic rings. The summed E-state index contributed by atoms with van der Waals surface area (Å²) in [5.41, 5.74) is 7.29. The van der Waals surface area contributed by atoms with Crippen molar-refractivity contribution in [2.75, 3.05) is 32.5 Å². The number of ether oxygens (including phenoxy) is 1. The number of rotatable bonds is 3. The Morgan fingerprint density at radius 2 is 2.53 bits per heavy atom. The van der Waals surface area contributed by atoms with Gasteiger partial charge in [-0.1, -0.05) is 6.08 Å². The molecule has 0 saturated carbocycles. The molecule has 1 aromatic heterocycles. The number of aromatic amines is 1. The van der Waals surface area contributed by atoms with Gasteiger partial charge in [-0.15, -0.1) is 0 Å². The lowest BCUT2D eigenvalue weighted by molar-refractivity contribution is 0.0766.